The van der Waals surface area contributed by atoms with Gasteiger partial charge in [-0.3, -0.25) is 4.79 Å². The van der Waals surface area contributed by atoms with Gasteiger partial charge in [0.05, 0.1) is 6.61 Å². The van der Waals surface area contributed by atoms with Crippen molar-refractivity contribution in [1.29, 1.82) is 0 Å². The molecule has 0 atom stereocenters. The number of hydrogen-bond acceptors (Lipinski definition) is 2. The fourth-order valence-corrected chi connectivity index (χ4v) is 1.60. The van der Waals surface area contributed by atoms with Crippen molar-refractivity contribution in [3.63, 3.8) is 0 Å². The molecule has 94 valence electrons. The maximum absolute atomic E-state index is 13.0. The number of benzene rings is 1. The zero-order valence-corrected chi connectivity index (χ0v) is 10.6. The Morgan fingerprint density at radius 3 is 2.88 bits per heavy atom. The molecule has 4 heteroatoms. The summed E-state index contributed by atoms with van der Waals surface area (Å²) in [5, 5.41) is 0.425. The molecule has 0 radical (unpaired) electrons. The highest BCUT2D eigenvalue weighted by molar-refractivity contribution is 6.31. The minimum atomic E-state index is -0.376. The van der Waals surface area contributed by atoms with E-state index in [1.165, 1.54) is 18.2 Å². The Labute approximate surface area is 106 Å². The summed E-state index contributed by atoms with van der Waals surface area (Å²) in [6.45, 7) is 3.09. The third kappa shape index (κ3) is 5.29. The van der Waals surface area contributed by atoms with Crippen molar-refractivity contribution < 1.29 is 13.9 Å². The number of carbonyl (C=O) groups is 1. The summed E-state index contributed by atoms with van der Waals surface area (Å²) in [6.07, 6.45) is 1.43. The quantitative estimate of drug-likeness (QED) is 0.701. The number of ether oxygens (including phenoxy) is 1. The topological polar surface area (TPSA) is 26.3 Å². The second kappa shape index (κ2) is 7.41. The average molecular weight is 259 g/mol. The number of Topliss-reactive ketones (excluding diaryl/α,β-unsaturated/α-hetero) is 1. The van der Waals surface area contributed by atoms with E-state index in [9.17, 15) is 9.18 Å². The van der Waals surface area contributed by atoms with Crippen molar-refractivity contribution in [2.75, 3.05) is 13.2 Å². The molecule has 0 fully saturated rings. The SMILES string of the molecule is CCCOCCC(=O)Cc1cc(F)ccc1Cl. The number of ketones is 1. The van der Waals surface area contributed by atoms with Crippen LogP contribution >= 0.6 is 11.6 Å². The van der Waals surface area contributed by atoms with Gasteiger partial charge in [0, 0.05) is 24.5 Å². The molecule has 0 N–H and O–H groups in total. The van der Waals surface area contributed by atoms with E-state index in [-0.39, 0.29) is 18.0 Å². The summed E-state index contributed by atoms with van der Waals surface area (Å²) in [5.41, 5.74) is 0.534. The number of halogens is 2. The van der Waals surface area contributed by atoms with Gasteiger partial charge in [-0.1, -0.05) is 18.5 Å². The molecular weight excluding hydrogens is 243 g/mol. The fourth-order valence-electron chi connectivity index (χ4n) is 1.41. The molecule has 0 unspecified atom stereocenters. The first-order chi connectivity index (χ1) is 8.13. The van der Waals surface area contributed by atoms with Crippen LogP contribution in [0.2, 0.25) is 5.02 Å². The first-order valence-corrected chi connectivity index (χ1v) is 6.04. The highest BCUT2D eigenvalue weighted by atomic mass is 35.5. The summed E-state index contributed by atoms with van der Waals surface area (Å²) < 4.78 is 18.2. The molecule has 0 bridgehead atoms. The van der Waals surface area contributed by atoms with E-state index in [1.54, 1.807) is 0 Å². The second-order valence-corrected chi connectivity index (χ2v) is 4.22. The van der Waals surface area contributed by atoms with Gasteiger partial charge in [-0.15, -0.1) is 0 Å². The van der Waals surface area contributed by atoms with Gasteiger partial charge in [0.15, 0.2) is 0 Å². The van der Waals surface area contributed by atoms with E-state index < -0.39 is 0 Å². The third-order valence-corrected chi connectivity index (χ3v) is 2.64. The standard InChI is InChI=1S/C13H16ClFO2/c1-2-6-17-7-5-12(16)9-10-8-11(15)3-4-13(10)14/h3-4,8H,2,5-7,9H2,1H3. The molecule has 1 aromatic carbocycles. The molecule has 2 nitrogen and oxygen atoms in total. The van der Waals surface area contributed by atoms with Gasteiger partial charge in [0.1, 0.15) is 11.6 Å². The van der Waals surface area contributed by atoms with Crippen LogP contribution in [0.1, 0.15) is 25.3 Å². The summed E-state index contributed by atoms with van der Waals surface area (Å²) in [7, 11) is 0. The molecule has 0 aromatic heterocycles. The van der Waals surface area contributed by atoms with E-state index in [4.69, 9.17) is 16.3 Å². The lowest BCUT2D eigenvalue weighted by molar-refractivity contribution is -0.119. The van der Waals surface area contributed by atoms with Crippen molar-refractivity contribution in [3.05, 3.63) is 34.6 Å². The predicted molar refractivity (Wildman–Crippen MR) is 65.8 cm³/mol. The molecular formula is C13H16ClFO2. The zero-order valence-electron chi connectivity index (χ0n) is 9.84. The van der Waals surface area contributed by atoms with Crippen LogP contribution in [0.4, 0.5) is 4.39 Å². The Morgan fingerprint density at radius 1 is 1.41 bits per heavy atom. The Kier molecular flexibility index (Phi) is 6.16. The summed E-state index contributed by atoms with van der Waals surface area (Å²) in [5.74, 6) is -0.368. The molecule has 17 heavy (non-hydrogen) atoms. The van der Waals surface area contributed by atoms with Gasteiger partial charge in [-0.25, -0.2) is 4.39 Å². The van der Waals surface area contributed by atoms with E-state index in [0.717, 1.165) is 6.42 Å². The first kappa shape index (κ1) is 14.1. The Balaban J connectivity index is 2.42. The highest BCUT2D eigenvalue weighted by Gasteiger charge is 2.08. The van der Waals surface area contributed by atoms with Crippen LogP contribution in [0.15, 0.2) is 18.2 Å². The van der Waals surface area contributed by atoms with Crippen LogP contribution in [-0.4, -0.2) is 19.0 Å². The highest BCUT2D eigenvalue weighted by Crippen LogP contribution is 2.18. The Morgan fingerprint density at radius 2 is 2.18 bits per heavy atom. The van der Waals surface area contributed by atoms with Crippen LogP contribution in [0, 0.1) is 5.82 Å². The Bertz CT molecular complexity index is 380. The molecule has 0 saturated heterocycles. The maximum atomic E-state index is 13.0. The van der Waals surface area contributed by atoms with Crippen LogP contribution in [0.25, 0.3) is 0 Å². The van der Waals surface area contributed by atoms with Crippen LogP contribution < -0.4 is 0 Å². The molecule has 0 saturated carbocycles. The minimum absolute atomic E-state index is 0.00797. The average Bonchev–Trinajstić information content (AvgIpc) is 2.29. The summed E-state index contributed by atoms with van der Waals surface area (Å²) in [4.78, 5) is 11.6. The lowest BCUT2D eigenvalue weighted by Crippen LogP contribution is -2.08. The molecule has 1 rings (SSSR count). The van der Waals surface area contributed by atoms with Gasteiger partial charge < -0.3 is 4.74 Å². The van der Waals surface area contributed by atoms with Crippen LogP contribution in [0.3, 0.4) is 0 Å². The van der Waals surface area contributed by atoms with Gasteiger partial charge in [-0.2, -0.15) is 0 Å². The fraction of sp³-hybridized carbons (Fsp3) is 0.462. The van der Waals surface area contributed by atoms with Crippen molar-refractivity contribution in [1.82, 2.24) is 0 Å². The van der Waals surface area contributed by atoms with Crippen molar-refractivity contribution >= 4 is 17.4 Å². The van der Waals surface area contributed by atoms with Gasteiger partial charge >= 0.3 is 0 Å². The summed E-state index contributed by atoms with van der Waals surface area (Å²) >= 11 is 5.87. The third-order valence-electron chi connectivity index (χ3n) is 2.27. The molecule has 0 spiro atoms. The van der Waals surface area contributed by atoms with Gasteiger partial charge in [-0.05, 0) is 30.2 Å². The molecule has 1 aromatic rings. The van der Waals surface area contributed by atoms with Crippen LogP contribution in [-0.2, 0) is 16.0 Å². The normalized spacial score (nSPS) is 10.5. The zero-order chi connectivity index (χ0) is 12.7. The van der Waals surface area contributed by atoms with E-state index in [2.05, 4.69) is 0 Å². The van der Waals surface area contributed by atoms with E-state index in [0.29, 0.717) is 30.2 Å². The number of carbonyl (C=O) groups excluding carboxylic acids is 1. The van der Waals surface area contributed by atoms with E-state index in [1.807, 2.05) is 6.92 Å². The van der Waals surface area contributed by atoms with Crippen LogP contribution in [0.5, 0.6) is 0 Å². The Hall–Kier alpha value is -0.930. The predicted octanol–water partition coefficient (Wildman–Crippen LogP) is 3.41. The van der Waals surface area contributed by atoms with Gasteiger partial charge in [0.25, 0.3) is 0 Å². The minimum Gasteiger partial charge on any atom is -0.381 e. The largest absolute Gasteiger partial charge is 0.381 e. The molecule has 0 aliphatic rings. The first-order valence-electron chi connectivity index (χ1n) is 5.67. The summed E-state index contributed by atoms with van der Waals surface area (Å²) in [6, 6.07) is 4.04. The maximum Gasteiger partial charge on any atom is 0.139 e. The van der Waals surface area contributed by atoms with Crippen molar-refractivity contribution in [2.45, 2.75) is 26.2 Å². The van der Waals surface area contributed by atoms with Crippen molar-refractivity contribution in [2.24, 2.45) is 0 Å². The smallest absolute Gasteiger partial charge is 0.139 e. The lowest BCUT2D eigenvalue weighted by Gasteiger charge is -2.04. The lowest BCUT2D eigenvalue weighted by atomic mass is 10.1. The van der Waals surface area contributed by atoms with E-state index >= 15 is 0 Å². The second-order valence-electron chi connectivity index (χ2n) is 3.81. The molecule has 0 amide bonds. The molecule has 0 aliphatic carbocycles. The van der Waals surface area contributed by atoms with Crippen molar-refractivity contribution in [3.8, 4) is 0 Å². The number of rotatable bonds is 7. The number of hydrogen-bond donors (Lipinski definition) is 0. The molecule has 0 heterocycles. The monoisotopic (exact) mass is 258 g/mol. The molecule has 0 aliphatic heterocycles. The van der Waals surface area contributed by atoms with Gasteiger partial charge in [0.2, 0.25) is 0 Å².